The highest BCUT2D eigenvalue weighted by atomic mass is 16.3. The summed E-state index contributed by atoms with van der Waals surface area (Å²) in [6.07, 6.45) is 7.79. The van der Waals surface area contributed by atoms with Crippen molar-refractivity contribution in [3.63, 3.8) is 0 Å². The first-order valence-electron chi connectivity index (χ1n) is 5.19. The van der Waals surface area contributed by atoms with Crippen molar-refractivity contribution in [3.05, 3.63) is 22.9 Å². The van der Waals surface area contributed by atoms with Crippen LogP contribution in [0.1, 0.15) is 31.7 Å². The second kappa shape index (κ2) is 4.00. The van der Waals surface area contributed by atoms with E-state index in [4.69, 9.17) is 0 Å². The first kappa shape index (κ1) is 9.52. The van der Waals surface area contributed by atoms with E-state index < -0.39 is 0 Å². The van der Waals surface area contributed by atoms with Crippen LogP contribution in [0.2, 0.25) is 0 Å². The molecule has 1 aliphatic carbocycles. The van der Waals surface area contributed by atoms with E-state index in [0.29, 0.717) is 0 Å². The molecule has 4 nitrogen and oxygen atoms in total. The van der Waals surface area contributed by atoms with Gasteiger partial charge in [0.15, 0.2) is 0 Å². The molecule has 4 heteroatoms. The highest BCUT2D eigenvalue weighted by Crippen LogP contribution is 2.32. The molecule has 2 rings (SSSR count). The number of nitrogens with zero attached hydrogens (tertiary/aromatic N) is 1. The zero-order chi connectivity index (χ0) is 9.97. The number of aliphatic hydroxyl groups excluding tert-OH is 1. The van der Waals surface area contributed by atoms with Gasteiger partial charge in [0.1, 0.15) is 0 Å². The molecule has 0 amide bonds. The third kappa shape index (κ3) is 1.62. The van der Waals surface area contributed by atoms with Crippen molar-refractivity contribution in [2.45, 2.75) is 31.7 Å². The third-order valence-corrected chi connectivity index (χ3v) is 3.14. The average Bonchev–Trinajstić information content (AvgIpc) is 2.64. The molecule has 2 unspecified atom stereocenters. The number of aromatic amines is 1. The highest BCUT2D eigenvalue weighted by molar-refractivity contribution is 4.87. The second-order valence-corrected chi connectivity index (χ2v) is 3.97. The molecular weight excluding hydrogens is 180 g/mol. The Morgan fingerprint density at radius 3 is 2.93 bits per heavy atom. The molecule has 0 saturated heterocycles. The lowest BCUT2D eigenvalue weighted by molar-refractivity contribution is 0.137. The minimum atomic E-state index is -0.0599. The molecule has 78 valence electrons. The summed E-state index contributed by atoms with van der Waals surface area (Å²) in [7, 11) is 0. The summed E-state index contributed by atoms with van der Waals surface area (Å²) in [5.74, 6) is 0.247. The van der Waals surface area contributed by atoms with Crippen molar-refractivity contribution in [2.24, 2.45) is 5.92 Å². The van der Waals surface area contributed by atoms with Gasteiger partial charge in [-0.15, -0.1) is 0 Å². The lowest BCUT2D eigenvalue weighted by atomic mass is 9.85. The van der Waals surface area contributed by atoms with Gasteiger partial charge in [0, 0.05) is 31.0 Å². The zero-order valence-corrected chi connectivity index (χ0v) is 8.15. The van der Waals surface area contributed by atoms with Crippen LogP contribution in [0, 0.1) is 5.92 Å². The SMILES string of the molecule is O=c1[nH]ccn1C1CCCCC1CO. The summed E-state index contributed by atoms with van der Waals surface area (Å²) in [5.41, 5.74) is -0.0599. The topological polar surface area (TPSA) is 58.0 Å². The van der Waals surface area contributed by atoms with Gasteiger partial charge in [-0.05, 0) is 12.8 Å². The molecule has 2 N–H and O–H groups in total. The van der Waals surface area contributed by atoms with Crippen molar-refractivity contribution >= 4 is 0 Å². The fourth-order valence-electron chi connectivity index (χ4n) is 2.36. The normalized spacial score (nSPS) is 27.8. The van der Waals surface area contributed by atoms with Crippen LogP contribution < -0.4 is 5.69 Å². The summed E-state index contributed by atoms with van der Waals surface area (Å²) < 4.78 is 1.72. The van der Waals surface area contributed by atoms with E-state index >= 15 is 0 Å². The van der Waals surface area contributed by atoms with E-state index in [1.54, 1.807) is 17.0 Å². The predicted molar refractivity (Wildman–Crippen MR) is 53.1 cm³/mol. The van der Waals surface area contributed by atoms with Crippen LogP contribution >= 0.6 is 0 Å². The van der Waals surface area contributed by atoms with E-state index in [9.17, 15) is 9.90 Å². The van der Waals surface area contributed by atoms with E-state index in [1.807, 2.05) is 0 Å². The zero-order valence-electron chi connectivity index (χ0n) is 8.15. The van der Waals surface area contributed by atoms with E-state index in [0.717, 1.165) is 19.3 Å². The van der Waals surface area contributed by atoms with Crippen LogP contribution in [0.4, 0.5) is 0 Å². The van der Waals surface area contributed by atoms with Crippen molar-refractivity contribution in [2.75, 3.05) is 6.61 Å². The van der Waals surface area contributed by atoms with Gasteiger partial charge < -0.3 is 10.1 Å². The monoisotopic (exact) mass is 196 g/mol. The van der Waals surface area contributed by atoms with Crippen molar-refractivity contribution in [1.82, 2.24) is 9.55 Å². The van der Waals surface area contributed by atoms with Crippen molar-refractivity contribution in [3.8, 4) is 0 Å². The Labute approximate surface area is 82.6 Å². The molecule has 0 radical (unpaired) electrons. The Kier molecular flexibility index (Phi) is 2.72. The lowest BCUT2D eigenvalue weighted by Crippen LogP contribution is -2.31. The molecule has 14 heavy (non-hydrogen) atoms. The smallest absolute Gasteiger partial charge is 0.325 e. The maximum absolute atomic E-state index is 11.4. The molecular formula is C10H16N2O2. The van der Waals surface area contributed by atoms with Gasteiger partial charge in [-0.2, -0.15) is 0 Å². The Morgan fingerprint density at radius 1 is 1.50 bits per heavy atom. The molecule has 0 aliphatic heterocycles. The van der Waals surface area contributed by atoms with E-state index in [-0.39, 0.29) is 24.3 Å². The summed E-state index contributed by atoms with van der Waals surface area (Å²) in [5, 5.41) is 9.23. The third-order valence-electron chi connectivity index (χ3n) is 3.14. The quantitative estimate of drug-likeness (QED) is 0.738. The van der Waals surface area contributed by atoms with Crippen LogP contribution in [0.25, 0.3) is 0 Å². The first-order valence-corrected chi connectivity index (χ1v) is 5.19. The maximum Gasteiger partial charge on any atom is 0.325 e. The molecule has 0 spiro atoms. The highest BCUT2D eigenvalue weighted by Gasteiger charge is 2.26. The number of aromatic nitrogens is 2. The molecule has 2 atom stereocenters. The number of hydrogen-bond acceptors (Lipinski definition) is 2. The van der Waals surface area contributed by atoms with Crippen molar-refractivity contribution in [1.29, 1.82) is 0 Å². The Balaban J connectivity index is 2.23. The Morgan fingerprint density at radius 2 is 2.29 bits per heavy atom. The fraction of sp³-hybridized carbons (Fsp3) is 0.700. The molecule has 1 aromatic rings. The van der Waals surface area contributed by atoms with Crippen LogP contribution in [0.5, 0.6) is 0 Å². The Hall–Kier alpha value is -1.03. The summed E-state index contributed by atoms with van der Waals surface area (Å²) in [6.45, 7) is 0.183. The number of imidazole rings is 1. The number of aliphatic hydroxyl groups is 1. The first-order chi connectivity index (χ1) is 6.83. The molecule has 1 heterocycles. The average molecular weight is 196 g/mol. The van der Waals surface area contributed by atoms with Gasteiger partial charge in [0.25, 0.3) is 0 Å². The number of rotatable bonds is 2. The fourth-order valence-corrected chi connectivity index (χ4v) is 2.36. The van der Waals surface area contributed by atoms with Crippen molar-refractivity contribution < 1.29 is 5.11 Å². The minimum absolute atomic E-state index is 0.0599. The van der Waals surface area contributed by atoms with Crippen LogP contribution in [-0.2, 0) is 0 Å². The summed E-state index contributed by atoms with van der Waals surface area (Å²) >= 11 is 0. The molecule has 0 aromatic carbocycles. The number of H-pyrrole nitrogens is 1. The Bertz CT molecular complexity index is 342. The van der Waals surface area contributed by atoms with Crippen LogP contribution in [-0.4, -0.2) is 21.3 Å². The van der Waals surface area contributed by atoms with Gasteiger partial charge in [0.2, 0.25) is 0 Å². The maximum atomic E-state index is 11.4. The number of nitrogens with one attached hydrogen (secondary N) is 1. The van der Waals surface area contributed by atoms with Gasteiger partial charge in [0.05, 0.1) is 0 Å². The van der Waals surface area contributed by atoms with E-state index in [1.165, 1.54) is 6.42 Å². The predicted octanol–water partition coefficient (Wildman–Crippen LogP) is 0.900. The molecule has 1 aliphatic rings. The molecule has 1 aromatic heterocycles. The lowest BCUT2D eigenvalue weighted by Gasteiger charge is -2.30. The largest absolute Gasteiger partial charge is 0.396 e. The summed E-state index contributed by atoms with van der Waals surface area (Å²) in [4.78, 5) is 14.0. The van der Waals surface area contributed by atoms with Crippen LogP contribution in [0.3, 0.4) is 0 Å². The van der Waals surface area contributed by atoms with Gasteiger partial charge in [-0.3, -0.25) is 4.57 Å². The second-order valence-electron chi connectivity index (χ2n) is 3.97. The van der Waals surface area contributed by atoms with Crippen LogP contribution in [0.15, 0.2) is 17.2 Å². The van der Waals surface area contributed by atoms with E-state index in [2.05, 4.69) is 4.98 Å². The van der Waals surface area contributed by atoms with Gasteiger partial charge in [-0.25, -0.2) is 4.79 Å². The molecule has 1 saturated carbocycles. The number of hydrogen-bond donors (Lipinski definition) is 2. The van der Waals surface area contributed by atoms with Gasteiger partial charge in [-0.1, -0.05) is 12.8 Å². The molecule has 1 fully saturated rings. The molecule has 0 bridgehead atoms. The summed E-state index contributed by atoms with van der Waals surface area (Å²) in [6, 6.07) is 0.187. The van der Waals surface area contributed by atoms with Gasteiger partial charge >= 0.3 is 5.69 Å². The minimum Gasteiger partial charge on any atom is -0.396 e. The standard InChI is InChI=1S/C10H16N2O2/c13-7-8-3-1-2-4-9(8)12-6-5-11-10(12)14/h5-6,8-9,13H,1-4,7H2,(H,11,14).